The molecule has 6 heteroatoms. The second kappa shape index (κ2) is 8.71. The Morgan fingerprint density at radius 2 is 1.88 bits per heavy atom. The quantitative estimate of drug-likeness (QED) is 0.781. The van der Waals surface area contributed by atoms with Gasteiger partial charge in [0, 0.05) is 27.7 Å². The van der Waals surface area contributed by atoms with Crippen molar-refractivity contribution in [2.45, 2.75) is 20.0 Å². The van der Waals surface area contributed by atoms with Crippen molar-refractivity contribution in [3.63, 3.8) is 0 Å². The van der Waals surface area contributed by atoms with Gasteiger partial charge >= 0.3 is 5.97 Å². The minimum atomic E-state index is -0.411. The van der Waals surface area contributed by atoms with Gasteiger partial charge in [-0.1, -0.05) is 47.5 Å². The topological polar surface area (TPSA) is 55.4 Å². The van der Waals surface area contributed by atoms with Crippen LogP contribution in [0.3, 0.4) is 0 Å². The summed E-state index contributed by atoms with van der Waals surface area (Å²) in [5, 5.41) is 3.67. The predicted molar refractivity (Wildman–Crippen MR) is 94.4 cm³/mol. The molecule has 0 spiro atoms. The number of hydrogen-bond donors (Lipinski definition) is 1. The first-order chi connectivity index (χ1) is 11.5. The van der Waals surface area contributed by atoms with Crippen LogP contribution in [-0.2, 0) is 16.1 Å². The van der Waals surface area contributed by atoms with Gasteiger partial charge in [0.15, 0.2) is 0 Å². The van der Waals surface area contributed by atoms with Crippen LogP contribution in [0.25, 0.3) is 0 Å². The molecule has 0 atom stereocenters. The molecule has 0 radical (unpaired) electrons. The summed E-state index contributed by atoms with van der Waals surface area (Å²) in [4.78, 5) is 23.7. The number of nitrogens with one attached hydrogen (secondary N) is 1. The smallest absolute Gasteiger partial charge is 0.307 e. The van der Waals surface area contributed by atoms with E-state index in [4.69, 9.17) is 27.9 Å². The minimum absolute atomic E-state index is 0.0700. The van der Waals surface area contributed by atoms with Gasteiger partial charge in [0.25, 0.3) is 5.91 Å². The first-order valence-electron chi connectivity index (χ1n) is 7.41. The van der Waals surface area contributed by atoms with Gasteiger partial charge in [0.1, 0.15) is 6.61 Å². The average Bonchev–Trinajstić information content (AvgIpc) is 2.54. The standard InChI is InChI=1S/C18H17Cl2NO3/c1-12-4-2-3-5-15(12)18(23)21-9-8-17(22)24-11-13-6-7-14(19)10-16(13)20/h2-7,10H,8-9,11H2,1H3,(H,21,23). The first-order valence-corrected chi connectivity index (χ1v) is 8.16. The molecule has 2 aromatic rings. The van der Waals surface area contributed by atoms with Gasteiger partial charge in [0.05, 0.1) is 6.42 Å². The van der Waals surface area contributed by atoms with E-state index >= 15 is 0 Å². The fourth-order valence-corrected chi connectivity index (χ4v) is 2.53. The van der Waals surface area contributed by atoms with Gasteiger partial charge in [-0.05, 0) is 30.7 Å². The van der Waals surface area contributed by atoms with Crippen molar-refractivity contribution < 1.29 is 14.3 Å². The Hall–Kier alpha value is -2.04. The van der Waals surface area contributed by atoms with E-state index in [1.54, 1.807) is 30.3 Å². The predicted octanol–water partition coefficient (Wildman–Crippen LogP) is 4.17. The van der Waals surface area contributed by atoms with Gasteiger partial charge < -0.3 is 10.1 Å². The Kier molecular flexibility index (Phi) is 6.64. The number of hydrogen-bond acceptors (Lipinski definition) is 3. The highest BCUT2D eigenvalue weighted by Gasteiger charge is 2.10. The molecule has 0 saturated carbocycles. The maximum atomic E-state index is 12.0. The summed E-state index contributed by atoms with van der Waals surface area (Å²) in [6, 6.07) is 12.2. The van der Waals surface area contributed by atoms with Crippen LogP contribution >= 0.6 is 23.2 Å². The summed E-state index contributed by atoms with van der Waals surface area (Å²) >= 11 is 11.8. The Bertz CT molecular complexity index is 747. The summed E-state index contributed by atoms with van der Waals surface area (Å²) in [7, 11) is 0. The molecule has 0 heterocycles. The molecule has 24 heavy (non-hydrogen) atoms. The Morgan fingerprint density at radius 1 is 1.12 bits per heavy atom. The molecule has 0 unspecified atom stereocenters. The zero-order valence-electron chi connectivity index (χ0n) is 13.1. The van der Waals surface area contributed by atoms with E-state index in [1.807, 2.05) is 19.1 Å². The number of ether oxygens (including phenoxy) is 1. The highest BCUT2D eigenvalue weighted by Crippen LogP contribution is 2.21. The van der Waals surface area contributed by atoms with Crippen LogP contribution in [0.1, 0.15) is 27.9 Å². The minimum Gasteiger partial charge on any atom is -0.461 e. The van der Waals surface area contributed by atoms with E-state index in [9.17, 15) is 9.59 Å². The molecule has 1 amide bonds. The molecule has 2 aromatic carbocycles. The third-order valence-corrected chi connectivity index (χ3v) is 4.00. The van der Waals surface area contributed by atoms with E-state index in [1.165, 1.54) is 0 Å². The number of rotatable bonds is 6. The van der Waals surface area contributed by atoms with Crippen molar-refractivity contribution in [2.24, 2.45) is 0 Å². The van der Waals surface area contributed by atoms with Crippen molar-refractivity contribution in [3.05, 3.63) is 69.2 Å². The van der Waals surface area contributed by atoms with Crippen molar-refractivity contribution >= 4 is 35.1 Å². The second-order valence-corrected chi connectivity index (χ2v) is 6.06. The molecular weight excluding hydrogens is 349 g/mol. The third kappa shape index (κ3) is 5.25. The number of carbonyl (C=O) groups is 2. The number of benzene rings is 2. The number of aryl methyl sites for hydroxylation is 1. The normalized spacial score (nSPS) is 10.3. The lowest BCUT2D eigenvalue weighted by Gasteiger charge is -2.09. The second-order valence-electron chi connectivity index (χ2n) is 5.22. The van der Waals surface area contributed by atoms with Crippen LogP contribution < -0.4 is 5.32 Å². The molecule has 1 N–H and O–H groups in total. The lowest BCUT2D eigenvalue weighted by atomic mass is 10.1. The Balaban J connectivity index is 1.75. The van der Waals surface area contributed by atoms with Crippen LogP contribution in [-0.4, -0.2) is 18.4 Å². The number of halogens is 2. The monoisotopic (exact) mass is 365 g/mol. The van der Waals surface area contributed by atoms with Gasteiger partial charge in [-0.15, -0.1) is 0 Å². The van der Waals surface area contributed by atoms with Crippen LogP contribution in [0, 0.1) is 6.92 Å². The molecule has 2 rings (SSSR count). The molecule has 0 aromatic heterocycles. The van der Waals surface area contributed by atoms with Crippen LogP contribution in [0.2, 0.25) is 10.0 Å². The lowest BCUT2D eigenvalue weighted by Crippen LogP contribution is -2.27. The molecule has 0 aliphatic rings. The summed E-state index contributed by atoms with van der Waals surface area (Å²) in [5.74, 6) is -0.618. The average molecular weight is 366 g/mol. The maximum absolute atomic E-state index is 12.0. The van der Waals surface area contributed by atoms with E-state index in [2.05, 4.69) is 5.32 Å². The first kappa shape index (κ1) is 18.3. The number of amides is 1. The van der Waals surface area contributed by atoms with Gasteiger partial charge in [0.2, 0.25) is 0 Å². The van der Waals surface area contributed by atoms with Gasteiger partial charge in [-0.2, -0.15) is 0 Å². The summed E-state index contributed by atoms with van der Waals surface area (Å²) < 4.78 is 5.14. The molecule has 0 saturated heterocycles. The molecule has 126 valence electrons. The van der Waals surface area contributed by atoms with Crippen LogP contribution in [0.5, 0.6) is 0 Å². The van der Waals surface area contributed by atoms with E-state index < -0.39 is 5.97 Å². The summed E-state index contributed by atoms with van der Waals surface area (Å²) in [6.07, 6.45) is 0.0861. The van der Waals surface area contributed by atoms with Crippen molar-refractivity contribution in [1.29, 1.82) is 0 Å². The maximum Gasteiger partial charge on any atom is 0.307 e. The SMILES string of the molecule is Cc1ccccc1C(=O)NCCC(=O)OCc1ccc(Cl)cc1Cl. The highest BCUT2D eigenvalue weighted by atomic mass is 35.5. The third-order valence-electron chi connectivity index (χ3n) is 3.41. The summed E-state index contributed by atoms with van der Waals surface area (Å²) in [6.45, 7) is 2.14. The van der Waals surface area contributed by atoms with Gasteiger partial charge in [-0.3, -0.25) is 9.59 Å². The largest absolute Gasteiger partial charge is 0.461 e. The lowest BCUT2D eigenvalue weighted by molar-refractivity contribution is -0.144. The van der Waals surface area contributed by atoms with Crippen LogP contribution in [0.15, 0.2) is 42.5 Å². The number of esters is 1. The zero-order chi connectivity index (χ0) is 17.5. The fourth-order valence-electron chi connectivity index (χ4n) is 2.07. The number of carbonyl (C=O) groups excluding carboxylic acids is 2. The van der Waals surface area contributed by atoms with Crippen LogP contribution in [0.4, 0.5) is 0 Å². The van der Waals surface area contributed by atoms with E-state index in [-0.39, 0.29) is 25.5 Å². The molecule has 0 aliphatic carbocycles. The van der Waals surface area contributed by atoms with E-state index in [0.29, 0.717) is 21.2 Å². The zero-order valence-corrected chi connectivity index (χ0v) is 14.7. The molecule has 0 bridgehead atoms. The van der Waals surface area contributed by atoms with E-state index in [0.717, 1.165) is 5.56 Å². The van der Waals surface area contributed by atoms with Crippen molar-refractivity contribution in [1.82, 2.24) is 5.32 Å². The van der Waals surface area contributed by atoms with Gasteiger partial charge in [-0.25, -0.2) is 0 Å². The molecule has 0 fully saturated rings. The van der Waals surface area contributed by atoms with Crippen molar-refractivity contribution in [3.8, 4) is 0 Å². The highest BCUT2D eigenvalue weighted by molar-refractivity contribution is 6.35. The summed E-state index contributed by atoms with van der Waals surface area (Å²) in [5.41, 5.74) is 2.16. The fraction of sp³-hybridized carbons (Fsp3) is 0.222. The molecule has 0 aliphatic heterocycles. The Labute approximate surface area is 150 Å². The molecular formula is C18H17Cl2NO3. The Morgan fingerprint density at radius 3 is 2.58 bits per heavy atom. The molecule has 4 nitrogen and oxygen atoms in total. The van der Waals surface area contributed by atoms with Crippen molar-refractivity contribution in [2.75, 3.05) is 6.54 Å².